The van der Waals surface area contributed by atoms with Crippen molar-refractivity contribution in [3.8, 4) is 0 Å². The molecule has 1 aromatic heterocycles. The summed E-state index contributed by atoms with van der Waals surface area (Å²) in [5.74, 6) is -0.0382. The van der Waals surface area contributed by atoms with Gasteiger partial charge in [-0.2, -0.15) is 0 Å². The first kappa shape index (κ1) is 26.3. The molecule has 0 radical (unpaired) electrons. The van der Waals surface area contributed by atoms with Gasteiger partial charge in [0.25, 0.3) is 0 Å². The largest absolute Gasteiger partial charge is 0.302 e. The summed E-state index contributed by atoms with van der Waals surface area (Å²) in [5, 5.41) is 0.231. The molecule has 2 aromatic carbocycles. The van der Waals surface area contributed by atoms with E-state index in [0.29, 0.717) is 11.7 Å². The van der Waals surface area contributed by atoms with Crippen LogP contribution in [0.1, 0.15) is 45.7 Å². The molecule has 0 saturated heterocycles. The second-order valence-electron chi connectivity index (χ2n) is 8.60. The van der Waals surface area contributed by atoms with Crippen LogP contribution in [0.2, 0.25) is 0 Å². The van der Waals surface area contributed by atoms with Crippen molar-refractivity contribution in [2.24, 2.45) is 0 Å². The molecule has 1 heterocycles. The maximum absolute atomic E-state index is 13.5. The van der Waals surface area contributed by atoms with E-state index >= 15 is 0 Å². The molecule has 0 aliphatic rings. The lowest BCUT2D eigenvalue weighted by Gasteiger charge is -2.24. The number of para-hydroxylation sites is 1. The molecule has 0 atom stereocenters. The van der Waals surface area contributed by atoms with E-state index in [1.807, 2.05) is 6.07 Å². The van der Waals surface area contributed by atoms with Gasteiger partial charge in [0.2, 0.25) is 5.91 Å². The van der Waals surface area contributed by atoms with E-state index in [4.69, 9.17) is 4.98 Å². The SMILES string of the molecule is CCc1cccc2sc(N(CCN(CC)CC)C(=O)Cc3ccc(S(=O)(=O)C(C)C)cc3)nc12. The Morgan fingerprint density at radius 1 is 1.00 bits per heavy atom. The van der Waals surface area contributed by atoms with Crippen LogP contribution < -0.4 is 4.90 Å². The number of amides is 1. The van der Waals surface area contributed by atoms with Crippen LogP contribution in [0.25, 0.3) is 10.2 Å². The number of fused-ring (bicyclic) bond motifs is 1. The molecule has 0 aliphatic carbocycles. The van der Waals surface area contributed by atoms with Crippen LogP contribution in [-0.2, 0) is 27.5 Å². The number of likely N-dealkylation sites (N-methyl/N-ethyl adjacent to an activating group) is 1. The molecule has 0 fully saturated rings. The predicted molar refractivity (Wildman–Crippen MR) is 142 cm³/mol. The molecule has 0 saturated carbocycles. The Bertz CT molecular complexity index is 1210. The van der Waals surface area contributed by atoms with E-state index in [9.17, 15) is 13.2 Å². The Labute approximate surface area is 207 Å². The number of sulfone groups is 1. The molecule has 0 aliphatic heterocycles. The summed E-state index contributed by atoms with van der Waals surface area (Å²) in [5.41, 5.74) is 2.93. The average Bonchev–Trinajstić information content (AvgIpc) is 3.26. The van der Waals surface area contributed by atoms with Gasteiger partial charge in [-0.15, -0.1) is 0 Å². The summed E-state index contributed by atoms with van der Waals surface area (Å²) >= 11 is 1.55. The first-order valence-electron chi connectivity index (χ1n) is 11.9. The lowest BCUT2D eigenvalue weighted by atomic mass is 10.1. The number of aromatic nitrogens is 1. The summed E-state index contributed by atoms with van der Waals surface area (Å²) in [4.78, 5) is 22.7. The Morgan fingerprint density at radius 2 is 1.68 bits per heavy atom. The third-order valence-corrected chi connectivity index (χ3v) is 9.38. The van der Waals surface area contributed by atoms with Crippen molar-refractivity contribution >= 4 is 42.4 Å². The van der Waals surface area contributed by atoms with Crippen molar-refractivity contribution in [2.75, 3.05) is 31.1 Å². The molecule has 3 rings (SSSR count). The zero-order chi connectivity index (χ0) is 24.9. The quantitative estimate of drug-likeness (QED) is 0.371. The third kappa shape index (κ3) is 5.85. The second-order valence-corrected chi connectivity index (χ2v) is 12.1. The van der Waals surface area contributed by atoms with Gasteiger partial charge in [0.05, 0.1) is 26.8 Å². The summed E-state index contributed by atoms with van der Waals surface area (Å²) in [6, 6.07) is 12.9. The highest BCUT2D eigenvalue weighted by atomic mass is 32.2. The van der Waals surface area contributed by atoms with Crippen LogP contribution in [0.5, 0.6) is 0 Å². The van der Waals surface area contributed by atoms with Gasteiger partial charge >= 0.3 is 0 Å². The lowest BCUT2D eigenvalue weighted by Crippen LogP contribution is -2.39. The Hall–Kier alpha value is -2.29. The smallest absolute Gasteiger partial charge is 0.233 e. The highest BCUT2D eigenvalue weighted by molar-refractivity contribution is 7.92. The molecular formula is C26H35N3O3S2. The molecule has 34 heavy (non-hydrogen) atoms. The van der Waals surface area contributed by atoms with E-state index in [1.54, 1.807) is 54.3 Å². The molecule has 0 unspecified atom stereocenters. The second kappa shape index (κ2) is 11.4. The summed E-state index contributed by atoms with van der Waals surface area (Å²) < 4.78 is 25.9. The molecule has 8 heteroatoms. The van der Waals surface area contributed by atoms with Gasteiger partial charge in [-0.1, -0.05) is 56.4 Å². The van der Waals surface area contributed by atoms with E-state index < -0.39 is 15.1 Å². The minimum absolute atomic E-state index is 0.0382. The fourth-order valence-corrected chi connectivity index (χ4v) is 5.96. The number of nitrogens with zero attached hydrogens (tertiary/aromatic N) is 3. The van der Waals surface area contributed by atoms with Gasteiger partial charge in [-0.3, -0.25) is 9.69 Å². The number of rotatable bonds is 11. The van der Waals surface area contributed by atoms with Gasteiger partial charge in [0.1, 0.15) is 0 Å². The van der Waals surface area contributed by atoms with Crippen molar-refractivity contribution in [3.63, 3.8) is 0 Å². The molecule has 6 nitrogen and oxygen atoms in total. The summed E-state index contributed by atoms with van der Waals surface area (Å²) in [6.45, 7) is 12.9. The topological polar surface area (TPSA) is 70.6 Å². The number of aryl methyl sites for hydroxylation is 1. The number of carbonyl (C=O) groups is 1. The maximum atomic E-state index is 13.5. The maximum Gasteiger partial charge on any atom is 0.233 e. The number of hydrogen-bond donors (Lipinski definition) is 0. The zero-order valence-corrected chi connectivity index (χ0v) is 22.4. The summed E-state index contributed by atoms with van der Waals surface area (Å²) in [6.07, 6.45) is 1.08. The number of hydrogen-bond acceptors (Lipinski definition) is 6. The van der Waals surface area contributed by atoms with Gasteiger partial charge in [-0.25, -0.2) is 13.4 Å². The van der Waals surface area contributed by atoms with E-state index in [0.717, 1.165) is 41.8 Å². The molecule has 0 bridgehead atoms. The Balaban J connectivity index is 1.88. The van der Waals surface area contributed by atoms with Crippen LogP contribution >= 0.6 is 11.3 Å². The molecule has 184 valence electrons. The molecule has 3 aromatic rings. The molecule has 1 amide bonds. The normalized spacial score (nSPS) is 12.1. The van der Waals surface area contributed by atoms with Crippen LogP contribution in [0, 0.1) is 0 Å². The number of thiazole rings is 1. The zero-order valence-electron chi connectivity index (χ0n) is 20.7. The van der Waals surface area contributed by atoms with Crippen molar-refractivity contribution < 1.29 is 13.2 Å². The summed E-state index contributed by atoms with van der Waals surface area (Å²) in [7, 11) is -3.34. The Kier molecular flexibility index (Phi) is 8.84. The fourth-order valence-electron chi connectivity index (χ4n) is 3.84. The van der Waals surface area contributed by atoms with Gasteiger partial charge in [0, 0.05) is 13.1 Å². The predicted octanol–water partition coefficient (Wildman–Crippen LogP) is 4.96. The van der Waals surface area contributed by atoms with Crippen LogP contribution in [-0.4, -0.2) is 55.6 Å². The number of benzene rings is 2. The standard InChI is InChI=1S/C26H35N3O3S2/c1-6-21-10-9-11-23-25(21)27-26(33-23)29(17-16-28(7-2)8-3)24(30)18-20-12-14-22(15-13-20)34(31,32)19(4)5/h9-15,19H,6-8,16-18H2,1-5H3. The van der Waals surface area contributed by atoms with Crippen LogP contribution in [0.15, 0.2) is 47.4 Å². The molecule has 0 spiro atoms. The number of anilines is 1. The van der Waals surface area contributed by atoms with Gasteiger partial charge < -0.3 is 4.90 Å². The van der Waals surface area contributed by atoms with Gasteiger partial charge in [-0.05, 0) is 62.7 Å². The van der Waals surface area contributed by atoms with Crippen molar-refractivity contribution in [1.82, 2.24) is 9.88 Å². The molecule has 0 N–H and O–H groups in total. The van der Waals surface area contributed by atoms with Crippen molar-refractivity contribution in [1.29, 1.82) is 0 Å². The number of carbonyl (C=O) groups excluding carboxylic acids is 1. The van der Waals surface area contributed by atoms with Crippen molar-refractivity contribution in [3.05, 3.63) is 53.6 Å². The lowest BCUT2D eigenvalue weighted by molar-refractivity contribution is -0.118. The van der Waals surface area contributed by atoms with Crippen molar-refractivity contribution in [2.45, 2.75) is 57.6 Å². The Morgan fingerprint density at radius 3 is 2.26 bits per heavy atom. The van der Waals surface area contributed by atoms with Crippen LogP contribution in [0.3, 0.4) is 0 Å². The van der Waals surface area contributed by atoms with Gasteiger partial charge in [0.15, 0.2) is 15.0 Å². The minimum Gasteiger partial charge on any atom is -0.302 e. The first-order chi connectivity index (χ1) is 16.2. The van der Waals surface area contributed by atoms with E-state index in [2.05, 4.69) is 37.8 Å². The average molecular weight is 502 g/mol. The monoisotopic (exact) mass is 501 g/mol. The highest BCUT2D eigenvalue weighted by Gasteiger charge is 2.23. The van der Waals surface area contributed by atoms with E-state index in [-0.39, 0.29) is 17.2 Å². The fraction of sp³-hybridized carbons (Fsp3) is 0.462. The highest BCUT2D eigenvalue weighted by Crippen LogP contribution is 2.31. The van der Waals surface area contributed by atoms with Crippen LogP contribution in [0.4, 0.5) is 5.13 Å². The third-order valence-electron chi connectivity index (χ3n) is 6.17. The molecular weight excluding hydrogens is 466 g/mol. The first-order valence-corrected chi connectivity index (χ1v) is 14.3. The van der Waals surface area contributed by atoms with E-state index in [1.165, 1.54) is 5.56 Å². The minimum atomic E-state index is -3.34.